The van der Waals surface area contributed by atoms with E-state index in [0.29, 0.717) is 6.54 Å². The zero-order valence-electron chi connectivity index (χ0n) is 14.9. The maximum atomic E-state index is 11.8. The molecule has 138 valence electrons. The number of carboxylic acids is 1. The van der Waals surface area contributed by atoms with Gasteiger partial charge in [-0.05, 0) is 33.2 Å². The molecule has 0 radical (unpaired) electrons. The summed E-state index contributed by atoms with van der Waals surface area (Å²) in [7, 11) is 0. The molecule has 1 rings (SSSR count). The van der Waals surface area contributed by atoms with Crippen LogP contribution < -0.4 is 10.6 Å². The van der Waals surface area contributed by atoms with Crippen molar-refractivity contribution in [3.05, 3.63) is 0 Å². The molecule has 1 saturated carbocycles. The van der Waals surface area contributed by atoms with Gasteiger partial charge in [-0.1, -0.05) is 13.8 Å². The molecule has 8 heteroatoms. The Kier molecular flexibility index (Phi) is 7.97. The number of nitrogens with zero attached hydrogens (tertiary/aromatic N) is 1. The number of amides is 2. The molecule has 0 aromatic heterocycles. The minimum absolute atomic E-state index is 0.0234. The molecule has 3 N–H and O–H groups in total. The van der Waals surface area contributed by atoms with Crippen LogP contribution in [0.25, 0.3) is 0 Å². The molecule has 0 aromatic rings. The van der Waals surface area contributed by atoms with Crippen molar-refractivity contribution < 1.29 is 24.2 Å². The van der Waals surface area contributed by atoms with Crippen LogP contribution in [0.2, 0.25) is 0 Å². The van der Waals surface area contributed by atoms with E-state index in [2.05, 4.69) is 10.6 Å². The molecule has 0 saturated heterocycles. The molecule has 0 bridgehead atoms. The maximum absolute atomic E-state index is 11.8. The van der Waals surface area contributed by atoms with Crippen LogP contribution in [0, 0.1) is 5.92 Å². The number of esters is 1. The van der Waals surface area contributed by atoms with E-state index in [4.69, 9.17) is 9.84 Å². The lowest BCUT2D eigenvalue weighted by atomic mass is 9.85. The van der Waals surface area contributed by atoms with Crippen molar-refractivity contribution in [1.29, 1.82) is 0 Å². The first-order valence-electron chi connectivity index (χ1n) is 8.43. The molecule has 24 heavy (non-hydrogen) atoms. The van der Waals surface area contributed by atoms with Crippen molar-refractivity contribution in [3.8, 4) is 0 Å². The Morgan fingerprint density at radius 3 is 2.38 bits per heavy atom. The monoisotopic (exact) mass is 343 g/mol. The molecule has 1 fully saturated rings. The van der Waals surface area contributed by atoms with Crippen LogP contribution in [-0.4, -0.2) is 65.8 Å². The number of urea groups is 1. The average molecular weight is 343 g/mol. The zero-order valence-corrected chi connectivity index (χ0v) is 14.9. The summed E-state index contributed by atoms with van der Waals surface area (Å²) in [6.45, 7) is 8.10. The molecule has 2 amide bonds. The number of carboxylic acid groups (broad SMARTS) is 1. The number of rotatable bonds is 9. The number of carbonyl (C=O) groups excluding carboxylic acids is 2. The molecule has 0 heterocycles. The van der Waals surface area contributed by atoms with Gasteiger partial charge >= 0.3 is 18.0 Å². The van der Waals surface area contributed by atoms with Gasteiger partial charge in [0, 0.05) is 18.6 Å². The summed E-state index contributed by atoms with van der Waals surface area (Å²) in [6.07, 6.45) is 1.30. The van der Waals surface area contributed by atoms with E-state index in [-0.39, 0.29) is 43.3 Å². The highest BCUT2D eigenvalue weighted by molar-refractivity contribution is 5.76. The predicted molar refractivity (Wildman–Crippen MR) is 88.6 cm³/mol. The van der Waals surface area contributed by atoms with Gasteiger partial charge in [-0.15, -0.1) is 0 Å². The third-order valence-electron chi connectivity index (χ3n) is 4.03. The van der Waals surface area contributed by atoms with Gasteiger partial charge in [0.05, 0.1) is 18.6 Å². The Labute approximate surface area is 142 Å². The Hall–Kier alpha value is -1.83. The molecule has 0 aliphatic heterocycles. The Balaban J connectivity index is 2.23. The van der Waals surface area contributed by atoms with E-state index in [1.807, 2.05) is 11.8 Å². The first kappa shape index (κ1) is 20.2. The minimum Gasteiger partial charge on any atom is -0.480 e. The van der Waals surface area contributed by atoms with E-state index < -0.39 is 11.9 Å². The van der Waals surface area contributed by atoms with Crippen LogP contribution in [0.4, 0.5) is 4.79 Å². The van der Waals surface area contributed by atoms with Crippen LogP contribution in [0.5, 0.6) is 0 Å². The molecule has 8 nitrogen and oxygen atoms in total. The largest absolute Gasteiger partial charge is 0.480 e. The number of ether oxygens (including phenoxy) is 1. The minimum atomic E-state index is -0.840. The quantitative estimate of drug-likeness (QED) is 0.535. The number of nitrogens with one attached hydrogen (secondary N) is 2. The second-order valence-corrected chi connectivity index (χ2v) is 6.52. The van der Waals surface area contributed by atoms with E-state index in [1.54, 1.807) is 20.8 Å². The van der Waals surface area contributed by atoms with Crippen molar-refractivity contribution in [1.82, 2.24) is 15.5 Å². The summed E-state index contributed by atoms with van der Waals surface area (Å²) in [5.41, 5.74) is 0. The second-order valence-electron chi connectivity index (χ2n) is 6.52. The SMILES string of the molecule is CCN(CC(=O)O)C1CC(NC(=O)NCC(C)C(=O)OC(C)C)C1. The standard InChI is InChI=1S/C16H29N3O5/c1-5-19(9-14(20)21)13-6-12(7-13)18-16(23)17-8-11(4)15(22)24-10(2)3/h10-13H,5-9H2,1-4H3,(H,20,21)(H2,17,18,23). The molecule has 0 aromatic carbocycles. The van der Waals surface area contributed by atoms with Crippen LogP contribution >= 0.6 is 0 Å². The summed E-state index contributed by atoms with van der Waals surface area (Å²) >= 11 is 0. The molecule has 1 atom stereocenters. The number of likely N-dealkylation sites (N-methyl/N-ethyl adjacent to an activating group) is 1. The van der Waals surface area contributed by atoms with Gasteiger partial charge in [-0.2, -0.15) is 0 Å². The number of aliphatic carboxylic acids is 1. The summed E-state index contributed by atoms with van der Waals surface area (Å²) in [6, 6.07) is -0.0870. The zero-order chi connectivity index (χ0) is 18.3. The van der Waals surface area contributed by atoms with Gasteiger partial charge < -0.3 is 20.5 Å². The first-order valence-corrected chi connectivity index (χ1v) is 8.43. The van der Waals surface area contributed by atoms with E-state index in [9.17, 15) is 14.4 Å². The maximum Gasteiger partial charge on any atom is 0.317 e. The molecular formula is C16H29N3O5. The van der Waals surface area contributed by atoms with Gasteiger partial charge in [0.2, 0.25) is 0 Å². The summed E-state index contributed by atoms with van der Waals surface area (Å²) in [4.78, 5) is 36.2. The van der Waals surface area contributed by atoms with Gasteiger partial charge in [0.15, 0.2) is 0 Å². The lowest BCUT2D eigenvalue weighted by Crippen LogP contribution is -2.56. The van der Waals surface area contributed by atoms with Crippen molar-refractivity contribution in [2.24, 2.45) is 5.92 Å². The van der Waals surface area contributed by atoms with Crippen molar-refractivity contribution in [3.63, 3.8) is 0 Å². The highest BCUT2D eigenvalue weighted by atomic mass is 16.5. The molecular weight excluding hydrogens is 314 g/mol. The highest BCUT2D eigenvalue weighted by Crippen LogP contribution is 2.25. The molecule has 0 spiro atoms. The smallest absolute Gasteiger partial charge is 0.317 e. The average Bonchev–Trinajstić information content (AvgIpc) is 2.44. The summed E-state index contributed by atoms with van der Waals surface area (Å²) in [5.74, 6) is -1.58. The Bertz CT molecular complexity index is 449. The van der Waals surface area contributed by atoms with Gasteiger partial charge in [0.25, 0.3) is 0 Å². The number of carbonyl (C=O) groups is 3. The summed E-state index contributed by atoms with van der Waals surface area (Å²) in [5, 5.41) is 14.4. The van der Waals surface area contributed by atoms with Crippen molar-refractivity contribution >= 4 is 18.0 Å². The molecule has 1 aliphatic rings. The lowest BCUT2D eigenvalue weighted by Gasteiger charge is -2.42. The fraction of sp³-hybridized carbons (Fsp3) is 0.812. The first-order chi connectivity index (χ1) is 11.2. The Morgan fingerprint density at radius 2 is 1.88 bits per heavy atom. The lowest BCUT2D eigenvalue weighted by molar-refractivity contribution is -0.151. The van der Waals surface area contributed by atoms with Crippen molar-refractivity contribution in [2.75, 3.05) is 19.6 Å². The molecule has 1 aliphatic carbocycles. The van der Waals surface area contributed by atoms with E-state index >= 15 is 0 Å². The van der Waals surface area contributed by atoms with Gasteiger partial charge in [0.1, 0.15) is 0 Å². The normalized spacial score (nSPS) is 21.1. The summed E-state index contributed by atoms with van der Waals surface area (Å²) < 4.78 is 5.08. The topological polar surface area (TPSA) is 108 Å². The van der Waals surface area contributed by atoms with E-state index in [0.717, 1.165) is 12.8 Å². The Morgan fingerprint density at radius 1 is 1.25 bits per heavy atom. The number of hydrogen-bond donors (Lipinski definition) is 3. The molecule has 1 unspecified atom stereocenters. The van der Waals surface area contributed by atoms with Crippen molar-refractivity contribution in [2.45, 2.75) is 58.7 Å². The van der Waals surface area contributed by atoms with Crippen LogP contribution in [0.3, 0.4) is 0 Å². The second kappa shape index (κ2) is 9.46. The highest BCUT2D eigenvalue weighted by Gasteiger charge is 2.34. The van der Waals surface area contributed by atoms with Gasteiger partial charge in [-0.3, -0.25) is 14.5 Å². The van der Waals surface area contributed by atoms with Crippen LogP contribution in [0.15, 0.2) is 0 Å². The third kappa shape index (κ3) is 6.74. The van der Waals surface area contributed by atoms with Gasteiger partial charge in [-0.25, -0.2) is 4.79 Å². The van der Waals surface area contributed by atoms with Crippen LogP contribution in [-0.2, 0) is 14.3 Å². The van der Waals surface area contributed by atoms with E-state index in [1.165, 1.54) is 0 Å². The third-order valence-corrected chi connectivity index (χ3v) is 4.03. The van der Waals surface area contributed by atoms with Crippen LogP contribution in [0.1, 0.15) is 40.5 Å². The predicted octanol–water partition coefficient (Wildman–Crippen LogP) is 0.811. The fourth-order valence-corrected chi connectivity index (χ4v) is 2.59. The number of hydrogen-bond acceptors (Lipinski definition) is 5. The fourth-order valence-electron chi connectivity index (χ4n) is 2.59.